The van der Waals surface area contributed by atoms with Crippen molar-refractivity contribution in [2.24, 2.45) is 0 Å². The Bertz CT molecular complexity index is 961. The van der Waals surface area contributed by atoms with Crippen molar-refractivity contribution in [1.82, 2.24) is 0 Å². The fourth-order valence-electron chi connectivity index (χ4n) is 12.5. The lowest BCUT2D eigenvalue weighted by Crippen LogP contribution is -3.00. The summed E-state index contributed by atoms with van der Waals surface area (Å²) in [5.41, 5.74) is 0. The molecule has 0 unspecified atom stereocenters. The average Bonchev–Trinajstić information content (AvgIpc) is 3.56. The molecular weight excluding hydrogens is 1210 g/mol. The van der Waals surface area contributed by atoms with Gasteiger partial charge in [-0.15, -0.1) is 0 Å². The maximum Gasteiger partial charge on any atom is 0.0616 e. The van der Waals surface area contributed by atoms with Gasteiger partial charge in [-0.05, 0) is 51.4 Å². The van der Waals surface area contributed by atoms with Crippen LogP contribution in [0.15, 0.2) is 0 Å². The first-order chi connectivity index (χ1) is 41.0. The van der Waals surface area contributed by atoms with Gasteiger partial charge in [0, 0.05) is 185 Å². The third-order valence-corrected chi connectivity index (χ3v) is 37.7. The topological polar surface area (TPSA) is 243 Å². The van der Waals surface area contributed by atoms with E-state index in [9.17, 15) is 0 Å². The van der Waals surface area contributed by atoms with Crippen LogP contribution in [0.5, 0.6) is 0 Å². The fraction of sp³-hybridized carbons (Fsp3) is 1.00. The van der Waals surface area contributed by atoms with Crippen LogP contribution in [0, 0.1) is 0 Å². The van der Waals surface area contributed by atoms with E-state index >= 15 is 0 Å². The van der Waals surface area contributed by atoms with Gasteiger partial charge in [-0.3, -0.25) is 0 Å². The molecule has 544 valence electrons. The van der Waals surface area contributed by atoms with Crippen LogP contribution in [0.25, 0.3) is 0 Å². The van der Waals surface area contributed by atoms with Crippen molar-refractivity contribution in [2.45, 2.75) is 259 Å². The van der Waals surface area contributed by atoms with Gasteiger partial charge in [0.1, 0.15) is 0 Å². The maximum absolute atomic E-state index is 9.17. The van der Waals surface area contributed by atoms with Crippen LogP contribution in [0.1, 0.15) is 259 Å². The Labute approximate surface area is 543 Å². The summed E-state index contributed by atoms with van der Waals surface area (Å²) in [6.45, 7) is 12.3. The minimum atomic E-state index is -1.08. The zero-order valence-electron chi connectivity index (χ0n) is 57.9. The molecule has 12 nitrogen and oxygen atoms in total. The van der Waals surface area contributed by atoms with E-state index in [2.05, 4.69) is 27.7 Å². The highest BCUT2D eigenvalue weighted by Crippen LogP contribution is 2.63. The number of aliphatic hydroxyl groups excluding tert-OH is 12. The van der Waals surface area contributed by atoms with E-state index in [1.54, 1.807) is 0 Å². The van der Waals surface area contributed by atoms with Gasteiger partial charge >= 0.3 is 0 Å². The number of unbranched alkanes of at least 4 members (excludes halogenated alkanes) is 20. The highest BCUT2D eigenvalue weighted by atomic mass is 31.2. The predicted molar refractivity (Wildman–Crippen MR) is 379 cm³/mol. The second-order valence-corrected chi connectivity index (χ2v) is 42.8. The average molecular weight is 1360 g/mol. The molecule has 0 bridgehead atoms. The first kappa shape index (κ1) is 105. The summed E-state index contributed by atoms with van der Waals surface area (Å²) in [7, 11) is -4.33. The van der Waals surface area contributed by atoms with Crippen LogP contribution in [-0.2, 0) is 0 Å². The molecule has 0 aromatic heterocycles. The molecule has 0 aliphatic carbocycles. The standard InChI is InChI=1S/4C17H38O3P.4FH/c4*1-2-3-4-5-6-7-14-21(15-8-11-18,16-9-12-19)17-10-13-20;;;;/h4*18-20H,2-17H2,1H3;4*1H/q4*+1;;;;/p-4. The lowest BCUT2D eigenvalue weighted by Gasteiger charge is -2.27. The molecule has 0 atom stereocenters. The van der Waals surface area contributed by atoms with Gasteiger partial charge in [-0.25, -0.2) is 0 Å². The van der Waals surface area contributed by atoms with Gasteiger partial charge in [-0.1, -0.05) is 130 Å². The molecule has 88 heavy (non-hydrogen) atoms. The number of halogens is 4. The quantitative estimate of drug-likeness (QED) is 0.0238. The van der Waals surface area contributed by atoms with Crippen LogP contribution in [0.2, 0.25) is 0 Å². The molecule has 0 saturated carbocycles. The Morgan fingerprint density at radius 1 is 0.136 bits per heavy atom. The molecule has 0 aromatic rings. The third kappa shape index (κ3) is 68.3. The van der Waals surface area contributed by atoms with E-state index < -0.39 is 29.0 Å². The van der Waals surface area contributed by atoms with E-state index in [0.717, 1.165) is 151 Å². The summed E-state index contributed by atoms with van der Waals surface area (Å²) in [6.07, 6.45) is 61.3. The van der Waals surface area contributed by atoms with E-state index in [-0.39, 0.29) is 98.1 Å². The Kier molecular flexibility index (Phi) is 100. The molecule has 0 fully saturated rings. The van der Waals surface area contributed by atoms with E-state index in [0.29, 0.717) is 0 Å². The molecule has 20 heteroatoms. The molecule has 0 spiro atoms. The normalized spacial score (nSPS) is 11.5. The van der Waals surface area contributed by atoms with Crippen molar-refractivity contribution < 1.29 is 80.1 Å². The van der Waals surface area contributed by atoms with Crippen LogP contribution in [0.4, 0.5) is 0 Å². The monoisotopic (exact) mass is 1360 g/mol. The van der Waals surface area contributed by atoms with Gasteiger partial charge < -0.3 is 80.1 Å². The number of hydrogen-bond donors (Lipinski definition) is 12. The summed E-state index contributed by atoms with van der Waals surface area (Å²) in [4.78, 5) is 0. The molecule has 0 saturated heterocycles. The van der Waals surface area contributed by atoms with E-state index in [1.807, 2.05) is 0 Å². The second-order valence-electron chi connectivity index (χ2n) is 24.9. The molecule has 0 radical (unpaired) electrons. The van der Waals surface area contributed by atoms with Crippen molar-refractivity contribution in [1.29, 1.82) is 0 Å². The maximum atomic E-state index is 9.17. The number of hydrogen-bond acceptors (Lipinski definition) is 12. The molecule has 0 rings (SSSR count). The largest absolute Gasteiger partial charge is 1.00 e. The summed E-state index contributed by atoms with van der Waals surface area (Å²) >= 11 is 0. The minimum Gasteiger partial charge on any atom is -1.00 e. The second kappa shape index (κ2) is 84.0. The first-order valence-electron chi connectivity index (χ1n) is 35.7. The highest BCUT2D eigenvalue weighted by Gasteiger charge is 2.38. The molecule has 12 N–H and O–H groups in total. The number of aliphatic hydroxyl groups is 12. The SMILES string of the molecule is CCCCCCCC[P+](CCCO)(CCCO)CCCO.CCCCCCCC[P+](CCCO)(CCCO)CCCO.CCCCCCCC[P+](CCCO)(CCCO)CCCO.CCCCCCCC[P+](CCCO)(CCCO)CCCO.[F-].[F-].[F-].[F-]. The molecule has 0 aliphatic heterocycles. The molecule has 0 aromatic carbocycles. The van der Waals surface area contributed by atoms with Crippen molar-refractivity contribution in [3.8, 4) is 0 Å². The highest BCUT2D eigenvalue weighted by molar-refractivity contribution is 7.76. The van der Waals surface area contributed by atoms with Gasteiger partial charge in [-0.2, -0.15) is 0 Å². The zero-order chi connectivity index (χ0) is 63.3. The minimum absolute atomic E-state index is 0. The van der Waals surface area contributed by atoms with Gasteiger partial charge in [0.2, 0.25) is 0 Å². The number of rotatable bonds is 64. The smallest absolute Gasteiger partial charge is 0.0616 e. The Balaban J connectivity index is -0.000000159. The third-order valence-electron chi connectivity index (χ3n) is 17.4. The lowest BCUT2D eigenvalue weighted by atomic mass is 10.1. The van der Waals surface area contributed by atoms with Crippen molar-refractivity contribution >= 4 is 29.0 Å². The lowest BCUT2D eigenvalue weighted by molar-refractivity contribution is -0.00100. The van der Waals surface area contributed by atoms with Gasteiger partial charge in [0.15, 0.2) is 0 Å². The van der Waals surface area contributed by atoms with E-state index in [1.165, 1.54) is 179 Å². The zero-order valence-corrected chi connectivity index (χ0v) is 61.5. The summed E-state index contributed by atoms with van der Waals surface area (Å²) in [5.74, 6) is 0. The van der Waals surface area contributed by atoms with Crippen molar-refractivity contribution in [3.63, 3.8) is 0 Å². The van der Waals surface area contributed by atoms with Crippen LogP contribution < -0.4 is 18.8 Å². The Morgan fingerprint density at radius 3 is 0.330 bits per heavy atom. The van der Waals surface area contributed by atoms with Crippen LogP contribution >= 0.6 is 29.0 Å². The molecular formula is C68H152F4O12P4. The molecule has 0 heterocycles. The molecule has 0 amide bonds. The Morgan fingerprint density at radius 2 is 0.227 bits per heavy atom. The van der Waals surface area contributed by atoms with E-state index in [4.69, 9.17) is 61.3 Å². The predicted octanol–water partition coefficient (Wildman–Crippen LogP) is 2.06. The van der Waals surface area contributed by atoms with Crippen molar-refractivity contribution in [2.75, 3.05) is 178 Å². The molecule has 0 aliphatic rings. The first-order valence-corrected chi connectivity index (χ1v) is 45.8. The van der Waals surface area contributed by atoms with Gasteiger partial charge in [0.05, 0.1) is 98.6 Å². The summed E-state index contributed by atoms with van der Waals surface area (Å²) in [5, 5.41) is 110. The van der Waals surface area contributed by atoms with Crippen LogP contribution in [0.3, 0.4) is 0 Å². The fourth-order valence-corrected chi connectivity index (χ4v) is 31.2. The van der Waals surface area contributed by atoms with Crippen molar-refractivity contribution in [3.05, 3.63) is 0 Å². The van der Waals surface area contributed by atoms with Gasteiger partial charge in [0.25, 0.3) is 0 Å². The summed E-state index contributed by atoms with van der Waals surface area (Å²) < 4.78 is 0. The summed E-state index contributed by atoms with van der Waals surface area (Å²) in [6, 6.07) is 0. The Hall–Kier alpha value is 0.960. The van der Waals surface area contributed by atoms with Crippen LogP contribution in [-0.4, -0.2) is 239 Å².